The highest BCUT2D eigenvalue weighted by atomic mass is 16.3. The summed E-state index contributed by atoms with van der Waals surface area (Å²) in [6, 6.07) is 3.75. The first-order valence-corrected chi connectivity index (χ1v) is 6.82. The Morgan fingerprint density at radius 2 is 2.37 bits per heavy atom. The first-order valence-electron chi connectivity index (χ1n) is 6.82. The van der Waals surface area contributed by atoms with E-state index in [4.69, 9.17) is 0 Å². The minimum atomic E-state index is 0.112. The van der Waals surface area contributed by atoms with Crippen molar-refractivity contribution in [1.29, 1.82) is 0 Å². The van der Waals surface area contributed by atoms with Crippen LogP contribution in [0.15, 0.2) is 12.1 Å². The Labute approximate surface area is 112 Å². The summed E-state index contributed by atoms with van der Waals surface area (Å²) in [7, 11) is 0. The highest BCUT2D eigenvalue weighted by molar-refractivity contribution is 5.82. The number of rotatable bonds is 2. The van der Waals surface area contributed by atoms with Crippen molar-refractivity contribution in [1.82, 2.24) is 15.2 Å². The fraction of sp³-hybridized carbons (Fsp3) is 0.571. The summed E-state index contributed by atoms with van der Waals surface area (Å²) in [5, 5.41) is 12.8. The number of aryl methyl sites for hydroxylation is 1. The highest BCUT2D eigenvalue weighted by Gasteiger charge is 2.40. The van der Waals surface area contributed by atoms with Crippen molar-refractivity contribution in [2.45, 2.75) is 32.4 Å². The zero-order valence-electron chi connectivity index (χ0n) is 11.1. The predicted molar refractivity (Wildman–Crippen MR) is 70.6 cm³/mol. The van der Waals surface area contributed by atoms with Crippen LogP contribution in [0.25, 0.3) is 0 Å². The molecule has 0 aromatic carbocycles. The lowest BCUT2D eigenvalue weighted by Crippen LogP contribution is -2.45. The first-order chi connectivity index (χ1) is 9.15. The second-order valence-electron chi connectivity index (χ2n) is 5.45. The molecule has 0 unspecified atom stereocenters. The third-order valence-electron chi connectivity index (χ3n) is 4.16. The van der Waals surface area contributed by atoms with E-state index in [1.165, 1.54) is 0 Å². The monoisotopic (exact) mass is 261 g/mol. The summed E-state index contributed by atoms with van der Waals surface area (Å²) >= 11 is 0. The maximum Gasteiger partial charge on any atom is 0.224 e. The number of aromatic nitrogens is 1. The van der Waals surface area contributed by atoms with Crippen molar-refractivity contribution in [3.8, 4) is 5.75 Å². The Kier molecular flexibility index (Phi) is 3.14. The molecule has 5 nitrogen and oxygen atoms in total. The summed E-state index contributed by atoms with van der Waals surface area (Å²) < 4.78 is 0. The van der Waals surface area contributed by atoms with Crippen LogP contribution in [-0.2, 0) is 11.3 Å². The Balaban J connectivity index is 1.79. The zero-order chi connectivity index (χ0) is 13.4. The van der Waals surface area contributed by atoms with Crippen LogP contribution in [0.5, 0.6) is 5.75 Å². The van der Waals surface area contributed by atoms with E-state index in [1.807, 2.05) is 6.92 Å². The molecule has 19 heavy (non-hydrogen) atoms. The van der Waals surface area contributed by atoms with Crippen LogP contribution in [0.2, 0.25) is 0 Å². The minimum Gasteiger partial charge on any atom is -0.506 e. The van der Waals surface area contributed by atoms with Crippen molar-refractivity contribution < 1.29 is 9.90 Å². The molecule has 2 fully saturated rings. The number of aromatic hydroxyl groups is 1. The summed E-state index contributed by atoms with van der Waals surface area (Å²) in [5.41, 5.74) is 1.61. The Morgan fingerprint density at radius 3 is 3.21 bits per heavy atom. The lowest BCUT2D eigenvalue weighted by atomic mass is 9.91. The second-order valence-corrected chi connectivity index (χ2v) is 5.45. The lowest BCUT2D eigenvalue weighted by molar-refractivity contribution is -0.124. The van der Waals surface area contributed by atoms with Gasteiger partial charge in [0.15, 0.2) is 0 Å². The number of amides is 1. The number of fused-ring (bicyclic) bond motifs is 1. The summed E-state index contributed by atoms with van der Waals surface area (Å²) in [5.74, 6) is 0.529. The van der Waals surface area contributed by atoms with Gasteiger partial charge in [-0.05, 0) is 38.4 Å². The number of nitrogens with zero attached hydrogens (tertiary/aromatic N) is 2. The van der Waals surface area contributed by atoms with Crippen molar-refractivity contribution >= 4 is 5.91 Å². The average Bonchev–Trinajstić information content (AvgIpc) is 2.77. The molecule has 2 saturated heterocycles. The van der Waals surface area contributed by atoms with E-state index < -0.39 is 0 Å². The average molecular weight is 261 g/mol. The van der Waals surface area contributed by atoms with E-state index in [9.17, 15) is 9.90 Å². The molecule has 0 saturated carbocycles. The maximum absolute atomic E-state index is 11.7. The smallest absolute Gasteiger partial charge is 0.224 e. The van der Waals surface area contributed by atoms with Gasteiger partial charge in [0.1, 0.15) is 5.75 Å². The van der Waals surface area contributed by atoms with Gasteiger partial charge in [0.2, 0.25) is 5.91 Å². The van der Waals surface area contributed by atoms with Crippen molar-refractivity contribution in [2.24, 2.45) is 5.92 Å². The number of piperidine rings is 1. The van der Waals surface area contributed by atoms with Gasteiger partial charge in [-0.15, -0.1) is 0 Å². The maximum atomic E-state index is 11.7. The van der Waals surface area contributed by atoms with Gasteiger partial charge >= 0.3 is 0 Å². The molecule has 2 atom stereocenters. The minimum absolute atomic E-state index is 0.112. The van der Waals surface area contributed by atoms with E-state index in [1.54, 1.807) is 12.1 Å². The number of nitrogens with one attached hydrogen (secondary N) is 1. The van der Waals surface area contributed by atoms with Gasteiger partial charge in [0.05, 0.1) is 11.6 Å². The van der Waals surface area contributed by atoms with Gasteiger partial charge in [-0.2, -0.15) is 0 Å². The molecule has 1 aromatic heterocycles. The number of pyridine rings is 1. The second kappa shape index (κ2) is 4.81. The highest BCUT2D eigenvalue weighted by Crippen LogP contribution is 2.29. The van der Waals surface area contributed by atoms with Gasteiger partial charge in [-0.25, -0.2) is 0 Å². The molecule has 0 aliphatic carbocycles. The molecular weight excluding hydrogens is 242 g/mol. The number of carbonyl (C=O) groups is 1. The van der Waals surface area contributed by atoms with E-state index >= 15 is 0 Å². The van der Waals surface area contributed by atoms with E-state index in [2.05, 4.69) is 15.2 Å². The van der Waals surface area contributed by atoms with Gasteiger partial charge in [0, 0.05) is 24.8 Å². The summed E-state index contributed by atoms with van der Waals surface area (Å²) in [4.78, 5) is 18.4. The number of carbonyl (C=O) groups excluding carboxylic acids is 1. The molecular formula is C14H19N3O2. The molecule has 0 bridgehead atoms. The predicted octanol–water partition coefficient (Wildman–Crippen LogP) is 0.806. The standard InChI is InChI=1S/C14H19N3O2/c1-9-4-5-13(18)11(16-9)8-17-6-2-3-10-12(17)7-15-14(10)19/h4-5,10,12,18H,2-3,6-8H2,1H3,(H,15,19)/t10-,12-/m1/s1. The molecule has 5 heteroatoms. The SMILES string of the molecule is Cc1ccc(O)c(CN2CCC[C@H]3C(=O)NC[C@H]32)n1. The van der Waals surface area contributed by atoms with Crippen molar-refractivity contribution in [2.75, 3.05) is 13.1 Å². The topological polar surface area (TPSA) is 65.5 Å². The van der Waals surface area contributed by atoms with Crippen LogP contribution < -0.4 is 5.32 Å². The Bertz CT molecular complexity index is 503. The van der Waals surface area contributed by atoms with Crippen LogP contribution in [0.4, 0.5) is 0 Å². The summed E-state index contributed by atoms with van der Waals surface area (Å²) in [6.07, 6.45) is 2.00. The first kappa shape index (κ1) is 12.4. The molecule has 2 aliphatic rings. The van der Waals surface area contributed by atoms with E-state index in [0.29, 0.717) is 12.2 Å². The fourth-order valence-corrected chi connectivity index (χ4v) is 3.15. The number of hydrogen-bond donors (Lipinski definition) is 2. The fourth-order valence-electron chi connectivity index (χ4n) is 3.15. The van der Waals surface area contributed by atoms with Gasteiger partial charge < -0.3 is 10.4 Å². The van der Waals surface area contributed by atoms with Gasteiger partial charge in [-0.3, -0.25) is 14.7 Å². The Morgan fingerprint density at radius 1 is 1.53 bits per heavy atom. The van der Waals surface area contributed by atoms with Gasteiger partial charge in [0.25, 0.3) is 0 Å². The van der Waals surface area contributed by atoms with Crippen molar-refractivity contribution in [3.63, 3.8) is 0 Å². The van der Waals surface area contributed by atoms with Crippen LogP contribution in [0.1, 0.15) is 24.2 Å². The van der Waals surface area contributed by atoms with Crippen LogP contribution in [-0.4, -0.2) is 40.0 Å². The molecule has 1 amide bonds. The molecule has 102 valence electrons. The number of likely N-dealkylation sites (tertiary alicyclic amines) is 1. The molecule has 1 aromatic rings. The van der Waals surface area contributed by atoms with Crippen molar-refractivity contribution in [3.05, 3.63) is 23.5 Å². The van der Waals surface area contributed by atoms with Gasteiger partial charge in [-0.1, -0.05) is 0 Å². The number of hydrogen-bond acceptors (Lipinski definition) is 4. The third-order valence-corrected chi connectivity index (χ3v) is 4.16. The van der Waals surface area contributed by atoms with E-state index in [0.717, 1.165) is 31.6 Å². The van der Waals surface area contributed by atoms with Crippen LogP contribution >= 0.6 is 0 Å². The van der Waals surface area contributed by atoms with Crippen LogP contribution in [0, 0.1) is 12.8 Å². The quantitative estimate of drug-likeness (QED) is 0.826. The summed E-state index contributed by atoms with van der Waals surface area (Å²) in [6.45, 7) is 4.22. The third kappa shape index (κ3) is 2.30. The van der Waals surface area contributed by atoms with Crippen LogP contribution in [0.3, 0.4) is 0 Å². The molecule has 3 heterocycles. The normalized spacial score (nSPS) is 27.1. The molecule has 3 rings (SSSR count). The lowest BCUT2D eigenvalue weighted by Gasteiger charge is -2.35. The molecule has 0 radical (unpaired) electrons. The molecule has 2 aliphatic heterocycles. The largest absolute Gasteiger partial charge is 0.506 e. The molecule has 0 spiro atoms. The zero-order valence-corrected chi connectivity index (χ0v) is 11.1. The van der Waals surface area contributed by atoms with E-state index in [-0.39, 0.29) is 23.6 Å². The molecule has 2 N–H and O–H groups in total. The Hall–Kier alpha value is -1.62.